The Morgan fingerprint density at radius 2 is 2.16 bits per heavy atom. The molecule has 0 saturated heterocycles. The number of benzene rings is 1. The van der Waals surface area contributed by atoms with E-state index in [1.807, 2.05) is 17.5 Å². The Bertz CT molecular complexity index is 647. The van der Waals surface area contributed by atoms with Crippen LogP contribution in [0, 0.1) is 10.1 Å². The third-order valence-electron chi connectivity index (χ3n) is 2.40. The molecule has 0 atom stereocenters. The monoisotopic (exact) mass is 275 g/mol. The maximum Gasteiger partial charge on any atom is 0.270 e. The number of thiophene rings is 1. The topological polar surface area (TPSA) is 80.4 Å². The number of phenols is 1. The van der Waals surface area contributed by atoms with Crippen molar-refractivity contribution in [2.75, 3.05) is 0 Å². The van der Waals surface area contributed by atoms with Crippen LogP contribution in [-0.2, 0) is 0 Å². The second-order valence-corrected chi connectivity index (χ2v) is 4.65. The summed E-state index contributed by atoms with van der Waals surface area (Å²) in [5, 5.41) is 22.1. The van der Waals surface area contributed by atoms with Gasteiger partial charge in [-0.1, -0.05) is 6.07 Å². The minimum atomic E-state index is -0.612. The van der Waals surface area contributed by atoms with Gasteiger partial charge in [0.15, 0.2) is 5.78 Å². The zero-order valence-electron chi connectivity index (χ0n) is 9.65. The number of nitro benzene ring substituents is 1. The molecule has 0 unspecified atom stereocenters. The minimum absolute atomic E-state index is 0.0815. The molecule has 2 rings (SSSR count). The summed E-state index contributed by atoms with van der Waals surface area (Å²) in [6.45, 7) is 0. The summed E-state index contributed by atoms with van der Waals surface area (Å²) < 4.78 is 0. The van der Waals surface area contributed by atoms with Crippen LogP contribution in [-0.4, -0.2) is 15.8 Å². The fourth-order valence-electron chi connectivity index (χ4n) is 1.47. The molecule has 0 aliphatic heterocycles. The Labute approximate surface area is 112 Å². The van der Waals surface area contributed by atoms with Gasteiger partial charge in [-0.3, -0.25) is 14.9 Å². The van der Waals surface area contributed by atoms with E-state index in [9.17, 15) is 20.0 Å². The van der Waals surface area contributed by atoms with Crippen molar-refractivity contribution in [3.63, 3.8) is 0 Å². The van der Waals surface area contributed by atoms with Gasteiger partial charge in [-0.25, -0.2) is 0 Å². The number of hydrogen-bond acceptors (Lipinski definition) is 5. The number of rotatable bonds is 4. The van der Waals surface area contributed by atoms with Gasteiger partial charge in [0.1, 0.15) is 5.75 Å². The van der Waals surface area contributed by atoms with E-state index in [-0.39, 0.29) is 17.0 Å². The highest BCUT2D eigenvalue weighted by atomic mass is 32.1. The first-order chi connectivity index (χ1) is 9.08. The van der Waals surface area contributed by atoms with E-state index in [4.69, 9.17) is 0 Å². The smallest absolute Gasteiger partial charge is 0.270 e. The number of allylic oxidation sites excluding steroid dienone is 1. The van der Waals surface area contributed by atoms with E-state index in [0.29, 0.717) is 0 Å². The number of nitro groups is 1. The van der Waals surface area contributed by atoms with Crippen LogP contribution in [0.4, 0.5) is 5.69 Å². The predicted octanol–water partition coefficient (Wildman–Crippen LogP) is 3.26. The zero-order chi connectivity index (χ0) is 13.8. The Hall–Kier alpha value is -2.47. The lowest BCUT2D eigenvalue weighted by molar-refractivity contribution is -0.384. The van der Waals surface area contributed by atoms with Gasteiger partial charge in [-0.2, -0.15) is 0 Å². The molecule has 1 heterocycles. The normalized spacial score (nSPS) is 10.7. The molecule has 0 amide bonds. The highest BCUT2D eigenvalue weighted by molar-refractivity contribution is 7.10. The van der Waals surface area contributed by atoms with E-state index in [1.165, 1.54) is 17.4 Å². The molecule has 0 aliphatic carbocycles. The van der Waals surface area contributed by atoms with E-state index in [0.717, 1.165) is 23.1 Å². The third-order valence-corrected chi connectivity index (χ3v) is 3.24. The maximum atomic E-state index is 11.9. The molecule has 0 saturated carbocycles. The van der Waals surface area contributed by atoms with Gasteiger partial charge in [-0.05, 0) is 29.7 Å². The van der Waals surface area contributed by atoms with E-state index in [1.54, 1.807) is 6.08 Å². The van der Waals surface area contributed by atoms with Crippen LogP contribution in [0.1, 0.15) is 15.2 Å². The van der Waals surface area contributed by atoms with E-state index >= 15 is 0 Å². The second-order valence-electron chi connectivity index (χ2n) is 3.67. The molecule has 1 N–H and O–H groups in total. The van der Waals surface area contributed by atoms with Crippen molar-refractivity contribution >= 4 is 28.9 Å². The number of phenolic OH excluding ortho intramolecular Hbond substituents is 1. The molecule has 2 aromatic rings. The minimum Gasteiger partial charge on any atom is -0.507 e. The quantitative estimate of drug-likeness (QED) is 0.402. The van der Waals surface area contributed by atoms with Crippen molar-refractivity contribution in [1.29, 1.82) is 0 Å². The van der Waals surface area contributed by atoms with Gasteiger partial charge in [0, 0.05) is 17.0 Å². The van der Waals surface area contributed by atoms with E-state index in [2.05, 4.69) is 0 Å². The lowest BCUT2D eigenvalue weighted by Gasteiger charge is -2.00. The van der Waals surface area contributed by atoms with Crippen LogP contribution in [0.15, 0.2) is 41.8 Å². The Morgan fingerprint density at radius 1 is 1.37 bits per heavy atom. The summed E-state index contributed by atoms with van der Waals surface area (Å²) in [4.78, 5) is 22.8. The molecular formula is C13H9NO4S. The van der Waals surface area contributed by atoms with Crippen molar-refractivity contribution in [2.45, 2.75) is 0 Å². The van der Waals surface area contributed by atoms with Crippen molar-refractivity contribution in [3.05, 3.63) is 62.3 Å². The van der Waals surface area contributed by atoms with Gasteiger partial charge in [0.05, 0.1) is 10.5 Å². The summed E-state index contributed by atoms with van der Waals surface area (Å²) in [7, 11) is 0. The fourth-order valence-corrected chi connectivity index (χ4v) is 2.09. The summed E-state index contributed by atoms with van der Waals surface area (Å²) in [5.41, 5.74) is -0.312. The second kappa shape index (κ2) is 5.45. The number of aromatic hydroxyl groups is 1. The Morgan fingerprint density at radius 3 is 2.79 bits per heavy atom. The molecular weight excluding hydrogens is 266 g/mol. The Kier molecular flexibility index (Phi) is 3.72. The van der Waals surface area contributed by atoms with Gasteiger partial charge in [-0.15, -0.1) is 11.3 Å². The van der Waals surface area contributed by atoms with Crippen LogP contribution in [0.2, 0.25) is 0 Å². The Balaban J connectivity index is 2.28. The fraction of sp³-hybridized carbons (Fsp3) is 0. The molecule has 0 aliphatic rings. The first-order valence-electron chi connectivity index (χ1n) is 5.31. The molecule has 1 aromatic carbocycles. The van der Waals surface area contributed by atoms with Gasteiger partial charge in [0.25, 0.3) is 5.69 Å². The third kappa shape index (κ3) is 3.05. The number of nitrogens with zero attached hydrogens (tertiary/aromatic N) is 1. The highest BCUT2D eigenvalue weighted by Crippen LogP contribution is 2.24. The van der Waals surface area contributed by atoms with E-state index < -0.39 is 10.7 Å². The molecule has 5 nitrogen and oxygen atoms in total. The SMILES string of the molecule is O=C(C=Cc1cccs1)c1cc([N+](=O)[O-])ccc1O. The van der Waals surface area contributed by atoms with Crippen LogP contribution in [0.3, 0.4) is 0 Å². The summed E-state index contributed by atoms with van der Waals surface area (Å²) >= 11 is 1.46. The summed E-state index contributed by atoms with van der Waals surface area (Å²) in [6.07, 6.45) is 2.88. The number of carbonyl (C=O) groups is 1. The van der Waals surface area contributed by atoms with Crippen LogP contribution in [0.25, 0.3) is 6.08 Å². The number of hydrogen-bond donors (Lipinski definition) is 1. The zero-order valence-corrected chi connectivity index (χ0v) is 10.5. The molecule has 0 radical (unpaired) electrons. The molecule has 96 valence electrons. The molecule has 6 heteroatoms. The van der Waals surface area contributed by atoms with Crippen LogP contribution < -0.4 is 0 Å². The lowest BCUT2D eigenvalue weighted by Crippen LogP contribution is -1.97. The van der Waals surface area contributed by atoms with Gasteiger partial charge in [0.2, 0.25) is 0 Å². The first-order valence-corrected chi connectivity index (χ1v) is 6.19. The average molecular weight is 275 g/mol. The lowest BCUT2D eigenvalue weighted by atomic mass is 10.1. The molecule has 0 spiro atoms. The largest absolute Gasteiger partial charge is 0.507 e. The molecule has 1 aromatic heterocycles. The standard InChI is InChI=1S/C13H9NO4S/c15-12-5-3-9(14(17)18)8-11(12)13(16)6-4-10-2-1-7-19-10/h1-8,15H. The van der Waals surface area contributed by atoms with Crippen LogP contribution in [0.5, 0.6) is 5.75 Å². The number of carbonyl (C=O) groups excluding carboxylic acids is 1. The highest BCUT2D eigenvalue weighted by Gasteiger charge is 2.14. The van der Waals surface area contributed by atoms with Gasteiger partial charge < -0.3 is 5.11 Å². The maximum absolute atomic E-state index is 11.9. The van der Waals surface area contributed by atoms with Crippen molar-refractivity contribution in [3.8, 4) is 5.75 Å². The average Bonchev–Trinajstić information content (AvgIpc) is 2.89. The molecule has 0 bridgehead atoms. The first kappa shape index (κ1) is 13.0. The number of non-ortho nitro benzene ring substituents is 1. The predicted molar refractivity (Wildman–Crippen MR) is 72.4 cm³/mol. The van der Waals surface area contributed by atoms with Crippen LogP contribution >= 0.6 is 11.3 Å². The number of ketones is 1. The van der Waals surface area contributed by atoms with Gasteiger partial charge >= 0.3 is 0 Å². The summed E-state index contributed by atoms with van der Waals surface area (Å²) in [5.74, 6) is -0.749. The molecule has 0 fully saturated rings. The van der Waals surface area contributed by atoms with Crippen molar-refractivity contribution < 1.29 is 14.8 Å². The van der Waals surface area contributed by atoms with Crippen molar-refractivity contribution in [2.24, 2.45) is 0 Å². The summed E-state index contributed by atoms with van der Waals surface area (Å²) in [6, 6.07) is 7.04. The van der Waals surface area contributed by atoms with Crippen molar-refractivity contribution in [1.82, 2.24) is 0 Å². The molecule has 19 heavy (non-hydrogen) atoms.